The van der Waals surface area contributed by atoms with Crippen LogP contribution >= 0.6 is 0 Å². The minimum Gasteiger partial charge on any atom is -0.0622 e. The molecule has 0 fully saturated rings. The standard InChI is InChI=1S/C34H30/c1-5-13-27(14-6-1)21-23-31-25-34(30-19-11-4-12-20-30)32(24-22-28-15-7-2-8-16-28)26-33(31)29-17-9-3-10-18-29/h1-20,25-26H,21-24H2. The lowest BCUT2D eigenvalue weighted by Gasteiger charge is -2.18. The highest BCUT2D eigenvalue weighted by Crippen LogP contribution is 2.34. The fraction of sp³-hybridized carbons (Fsp3) is 0.118. The van der Waals surface area contributed by atoms with Gasteiger partial charge in [-0.3, -0.25) is 0 Å². The van der Waals surface area contributed by atoms with Gasteiger partial charge < -0.3 is 0 Å². The van der Waals surface area contributed by atoms with Crippen LogP contribution in [0.1, 0.15) is 22.3 Å². The molecule has 5 rings (SSSR count). The Morgan fingerprint density at radius 3 is 1.00 bits per heavy atom. The summed E-state index contributed by atoms with van der Waals surface area (Å²) in [5.41, 5.74) is 10.9. The second kappa shape index (κ2) is 10.8. The molecular formula is C34H30. The Morgan fingerprint density at radius 1 is 0.324 bits per heavy atom. The molecule has 0 aliphatic heterocycles. The predicted molar refractivity (Wildman–Crippen MR) is 145 cm³/mol. The van der Waals surface area contributed by atoms with Gasteiger partial charge in [0.25, 0.3) is 0 Å². The van der Waals surface area contributed by atoms with Crippen LogP contribution in [-0.4, -0.2) is 0 Å². The summed E-state index contributed by atoms with van der Waals surface area (Å²) in [4.78, 5) is 0. The zero-order valence-electron chi connectivity index (χ0n) is 19.5. The Morgan fingerprint density at radius 2 is 0.647 bits per heavy atom. The number of rotatable bonds is 8. The Bertz CT molecular complexity index is 1200. The van der Waals surface area contributed by atoms with Crippen molar-refractivity contribution in [2.24, 2.45) is 0 Å². The van der Waals surface area contributed by atoms with E-state index in [0.29, 0.717) is 0 Å². The molecule has 0 heteroatoms. The number of hydrogen-bond donors (Lipinski definition) is 0. The van der Waals surface area contributed by atoms with Crippen molar-refractivity contribution >= 4 is 0 Å². The molecule has 5 aromatic carbocycles. The lowest BCUT2D eigenvalue weighted by molar-refractivity contribution is 0.943. The minimum atomic E-state index is 1.02. The van der Waals surface area contributed by atoms with Crippen LogP contribution in [0.2, 0.25) is 0 Å². The van der Waals surface area contributed by atoms with Gasteiger partial charge >= 0.3 is 0 Å². The first kappa shape index (κ1) is 21.9. The normalized spacial score (nSPS) is 10.8. The van der Waals surface area contributed by atoms with E-state index in [2.05, 4.69) is 133 Å². The molecule has 0 spiro atoms. The Kier molecular flexibility index (Phi) is 6.97. The van der Waals surface area contributed by atoms with Gasteiger partial charge in [-0.15, -0.1) is 0 Å². The van der Waals surface area contributed by atoms with E-state index >= 15 is 0 Å². The van der Waals surface area contributed by atoms with Gasteiger partial charge in [-0.25, -0.2) is 0 Å². The summed E-state index contributed by atoms with van der Waals surface area (Å²) in [5, 5.41) is 0. The summed E-state index contributed by atoms with van der Waals surface area (Å²) in [6.07, 6.45) is 4.12. The minimum absolute atomic E-state index is 1.02. The van der Waals surface area contributed by atoms with Crippen LogP contribution in [-0.2, 0) is 25.7 Å². The van der Waals surface area contributed by atoms with Crippen LogP contribution in [0, 0.1) is 0 Å². The highest BCUT2D eigenvalue weighted by molar-refractivity contribution is 5.77. The summed E-state index contributed by atoms with van der Waals surface area (Å²) in [7, 11) is 0. The van der Waals surface area contributed by atoms with E-state index in [1.807, 2.05) is 0 Å². The first-order valence-electron chi connectivity index (χ1n) is 12.2. The van der Waals surface area contributed by atoms with Crippen molar-refractivity contribution in [1.29, 1.82) is 0 Å². The molecular weight excluding hydrogens is 408 g/mol. The van der Waals surface area contributed by atoms with Gasteiger partial charge in [0.2, 0.25) is 0 Å². The molecule has 166 valence electrons. The maximum absolute atomic E-state index is 2.46. The molecule has 0 amide bonds. The van der Waals surface area contributed by atoms with Crippen LogP contribution in [0.4, 0.5) is 0 Å². The van der Waals surface area contributed by atoms with Crippen LogP contribution in [0.5, 0.6) is 0 Å². The summed E-state index contributed by atoms with van der Waals surface area (Å²) in [5.74, 6) is 0. The lowest BCUT2D eigenvalue weighted by Crippen LogP contribution is -2.01. The first-order chi connectivity index (χ1) is 16.9. The molecule has 0 N–H and O–H groups in total. The van der Waals surface area contributed by atoms with E-state index in [9.17, 15) is 0 Å². The molecule has 0 aliphatic carbocycles. The van der Waals surface area contributed by atoms with Crippen molar-refractivity contribution in [2.75, 3.05) is 0 Å². The summed E-state index contributed by atoms with van der Waals surface area (Å²) in [6.45, 7) is 0. The molecule has 0 saturated heterocycles. The van der Waals surface area contributed by atoms with E-state index in [1.54, 1.807) is 0 Å². The quantitative estimate of drug-likeness (QED) is 0.227. The monoisotopic (exact) mass is 438 g/mol. The van der Waals surface area contributed by atoms with Crippen molar-refractivity contribution in [3.63, 3.8) is 0 Å². The predicted octanol–water partition coefficient (Wildman–Crippen LogP) is 8.59. The smallest absolute Gasteiger partial charge is 0.0149 e. The second-order valence-electron chi connectivity index (χ2n) is 8.87. The zero-order chi connectivity index (χ0) is 23.0. The molecule has 0 atom stereocenters. The van der Waals surface area contributed by atoms with Gasteiger partial charge in [0.05, 0.1) is 0 Å². The molecule has 0 unspecified atom stereocenters. The van der Waals surface area contributed by atoms with E-state index in [-0.39, 0.29) is 0 Å². The average molecular weight is 439 g/mol. The maximum atomic E-state index is 2.46. The van der Waals surface area contributed by atoms with Gasteiger partial charge in [0.1, 0.15) is 0 Å². The first-order valence-corrected chi connectivity index (χ1v) is 12.2. The molecule has 0 aliphatic rings. The number of benzene rings is 5. The van der Waals surface area contributed by atoms with E-state index in [4.69, 9.17) is 0 Å². The molecule has 0 nitrogen and oxygen atoms in total. The lowest BCUT2D eigenvalue weighted by atomic mass is 9.86. The molecule has 0 saturated carbocycles. The maximum Gasteiger partial charge on any atom is -0.0149 e. The van der Waals surface area contributed by atoms with Crippen molar-refractivity contribution in [3.05, 3.63) is 156 Å². The van der Waals surface area contributed by atoms with Gasteiger partial charge in [-0.2, -0.15) is 0 Å². The summed E-state index contributed by atoms with van der Waals surface area (Å²) < 4.78 is 0. The van der Waals surface area contributed by atoms with E-state index in [0.717, 1.165) is 25.7 Å². The summed E-state index contributed by atoms with van der Waals surface area (Å²) in [6, 6.07) is 48.3. The Balaban J connectivity index is 1.57. The van der Waals surface area contributed by atoms with Gasteiger partial charge in [0, 0.05) is 0 Å². The molecule has 0 radical (unpaired) electrons. The fourth-order valence-corrected chi connectivity index (χ4v) is 4.72. The topological polar surface area (TPSA) is 0 Å². The van der Waals surface area contributed by atoms with Crippen LogP contribution in [0.15, 0.2) is 133 Å². The van der Waals surface area contributed by atoms with Crippen molar-refractivity contribution in [2.45, 2.75) is 25.7 Å². The van der Waals surface area contributed by atoms with Crippen LogP contribution in [0.3, 0.4) is 0 Å². The molecule has 34 heavy (non-hydrogen) atoms. The summed E-state index contributed by atoms with van der Waals surface area (Å²) >= 11 is 0. The van der Waals surface area contributed by atoms with Crippen molar-refractivity contribution < 1.29 is 0 Å². The third-order valence-electron chi connectivity index (χ3n) is 6.55. The third kappa shape index (κ3) is 5.35. The Hall–Kier alpha value is -3.90. The largest absolute Gasteiger partial charge is 0.0622 e. The van der Waals surface area contributed by atoms with Gasteiger partial charge in [-0.1, -0.05) is 133 Å². The highest BCUT2D eigenvalue weighted by Gasteiger charge is 2.13. The SMILES string of the molecule is c1ccc(CCc2cc(-c3ccccc3)c(CCc3ccccc3)cc2-c2ccccc2)cc1. The van der Waals surface area contributed by atoms with Crippen molar-refractivity contribution in [3.8, 4) is 22.3 Å². The second-order valence-corrected chi connectivity index (χ2v) is 8.87. The van der Waals surface area contributed by atoms with Crippen LogP contribution < -0.4 is 0 Å². The van der Waals surface area contributed by atoms with Gasteiger partial charge in [0.15, 0.2) is 0 Å². The highest BCUT2D eigenvalue weighted by atomic mass is 14.2. The average Bonchev–Trinajstić information content (AvgIpc) is 2.93. The molecule has 0 heterocycles. The molecule has 0 aromatic heterocycles. The van der Waals surface area contributed by atoms with Crippen LogP contribution in [0.25, 0.3) is 22.3 Å². The fourth-order valence-electron chi connectivity index (χ4n) is 4.72. The van der Waals surface area contributed by atoms with E-state index < -0.39 is 0 Å². The van der Waals surface area contributed by atoms with Crippen molar-refractivity contribution in [1.82, 2.24) is 0 Å². The molecule has 5 aromatic rings. The van der Waals surface area contributed by atoms with E-state index in [1.165, 1.54) is 44.5 Å². The number of aryl methyl sites for hydroxylation is 4. The number of hydrogen-bond acceptors (Lipinski definition) is 0. The third-order valence-corrected chi connectivity index (χ3v) is 6.55. The Labute approximate surface area is 203 Å². The van der Waals surface area contributed by atoms with Gasteiger partial charge in [-0.05, 0) is 70.2 Å². The molecule has 0 bridgehead atoms. The zero-order valence-corrected chi connectivity index (χ0v) is 19.5.